The molecule has 2 atom stereocenters. The van der Waals surface area contributed by atoms with Gasteiger partial charge in [-0.1, -0.05) is 19.1 Å². The maximum absolute atomic E-state index is 13.3. The molecule has 6 N–H and O–H groups in total. The number of carbonyl (C=O) groups excluding carboxylic acids is 1. The fourth-order valence-electron chi connectivity index (χ4n) is 3.72. The van der Waals surface area contributed by atoms with Crippen molar-refractivity contribution in [3.8, 4) is 0 Å². The molecular formula is C22H25FN4O6S. The van der Waals surface area contributed by atoms with Gasteiger partial charge in [0.25, 0.3) is 11.5 Å². The molecule has 1 amide bonds. The van der Waals surface area contributed by atoms with Gasteiger partial charge in [-0.2, -0.15) is 0 Å². The monoisotopic (exact) mass is 492 g/mol. The summed E-state index contributed by atoms with van der Waals surface area (Å²) in [6, 6.07) is 7.59. The summed E-state index contributed by atoms with van der Waals surface area (Å²) in [6.07, 6.45) is 0.0290. The summed E-state index contributed by atoms with van der Waals surface area (Å²) < 4.78 is 34.3. The number of nitrogens with zero attached hydrogens (tertiary/aromatic N) is 2. The largest absolute Gasteiger partial charge is 0.368 e. The van der Waals surface area contributed by atoms with E-state index in [1.165, 1.54) is 29.8 Å². The number of carbonyl (C=O) groups is 1. The number of amides is 1. The first kappa shape index (κ1) is 25.6. The zero-order valence-electron chi connectivity index (χ0n) is 18.3. The number of rotatable bonds is 10. The highest BCUT2D eigenvalue weighted by atomic mass is 32.2. The average Bonchev–Trinajstić information content (AvgIpc) is 2.77. The van der Waals surface area contributed by atoms with E-state index >= 15 is 0 Å². The zero-order chi connectivity index (χ0) is 25.0. The van der Waals surface area contributed by atoms with E-state index in [1.807, 2.05) is 0 Å². The molecule has 3 rings (SSSR count). The van der Waals surface area contributed by atoms with E-state index in [0.717, 1.165) is 5.56 Å². The summed E-state index contributed by atoms with van der Waals surface area (Å²) in [5, 5.41) is 22.3. The number of primary amides is 1. The third-order valence-electron chi connectivity index (χ3n) is 5.41. The standard InChI is InChI=1S/C22H25FN4O6S/c1-12(22(30)31)17-18(20(24)28)21(29)27(7-6-25-11-34(32)33)16-9-14(10-26-19(16)17)8-13-2-4-15(23)5-3-13/h2-5,9-10,12,22,25,30-31H,6-8,11H2,1H3,(H2,24,28)(H,32,33). The first-order valence-electron chi connectivity index (χ1n) is 10.3. The van der Waals surface area contributed by atoms with Gasteiger partial charge in [0.2, 0.25) is 0 Å². The topological polar surface area (TPSA) is 168 Å². The van der Waals surface area contributed by atoms with E-state index in [4.69, 9.17) is 10.3 Å². The number of fused-ring (bicyclic) bond motifs is 1. The Bertz CT molecular complexity index is 1280. The molecule has 10 nitrogen and oxygen atoms in total. The lowest BCUT2D eigenvalue weighted by molar-refractivity contribution is -0.0559. The second kappa shape index (κ2) is 10.9. The maximum Gasteiger partial charge on any atom is 0.264 e. The van der Waals surface area contributed by atoms with Gasteiger partial charge in [-0.25, -0.2) is 8.60 Å². The second-order valence-corrected chi connectivity index (χ2v) is 8.72. The minimum Gasteiger partial charge on any atom is -0.368 e. The number of nitrogens with two attached hydrogens (primary N) is 1. The van der Waals surface area contributed by atoms with E-state index in [0.29, 0.717) is 17.5 Å². The third kappa shape index (κ3) is 5.72. The fourth-order valence-corrected chi connectivity index (χ4v) is 4.04. The van der Waals surface area contributed by atoms with Crippen molar-refractivity contribution in [2.75, 3.05) is 12.4 Å². The van der Waals surface area contributed by atoms with Gasteiger partial charge in [-0.05, 0) is 35.7 Å². The lowest BCUT2D eigenvalue weighted by Crippen LogP contribution is -2.36. The van der Waals surface area contributed by atoms with Crippen molar-refractivity contribution in [2.45, 2.75) is 32.1 Å². The number of pyridine rings is 2. The van der Waals surface area contributed by atoms with Gasteiger partial charge >= 0.3 is 0 Å². The molecule has 2 heterocycles. The molecular weight excluding hydrogens is 467 g/mol. The number of hydrogen-bond donors (Lipinski definition) is 5. The minimum absolute atomic E-state index is 0.0187. The number of aliphatic hydroxyl groups excluding tert-OH is 1. The predicted molar refractivity (Wildman–Crippen MR) is 124 cm³/mol. The van der Waals surface area contributed by atoms with Crippen LogP contribution in [0, 0.1) is 5.82 Å². The first-order chi connectivity index (χ1) is 16.1. The van der Waals surface area contributed by atoms with Crippen LogP contribution < -0.4 is 16.6 Å². The van der Waals surface area contributed by atoms with Crippen LogP contribution in [0.1, 0.15) is 39.9 Å². The third-order valence-corrected chi connectivity index (χ3v) is 5.86. The highest BCUT2D eigenvalue weighted by Gasteiger charge is 2.28. The molecule has 0 aliphatic rings. The van der Waals surface area contributed by atoms with E-state index in [9.17, 15) is 28.4 Å². The second-order valence-electron chi connectivity index (χ2n) is 7.79. The number of nitrogens with one attached hydrogen (secondary N) is 1. The Balaban J connectivity index is 2.19. The lowest BCUT2D eigenvalue weighted by Gasteiger charge is -2.21. The molecule has 12 heteroatoms. The Kier molecular flexibility index (Phi) is 8.23. The Labute approximate surface area is 196 Å². The van der Waals surface area contributed by atoms with Crippen molar-refractivity contribution in [1.29, 1.82) is 0 Å². The van der Waals surface area contributed by atoms with Gasteiger partial charge in [-0.15, -0.1) is 0 Å². The molecule has 2 aromatic heterocycles. The van der Waals surface area contributed by atoms with Crippen molar-refractivity contribution >= 4 is 28.0 Å². The molecule has 0 aliphatic heterocycles. The molecule has 0 bridgehead atoms. The molecule has 0 fully saturated rings. The summed E-state index contributed by atoms with van der Waals surface area (Å²) in [4.78, 5) is 29.9. The van der Waals surface area contributed by atoms with Gasteiger partial charge in [-0.3, -0.25) is 14.6 Å². The van der Waals surface area contributed by atoms with Crippen molar-refractivity contribution in [2.24, 2.45) is 5.73 Å². The van der Waals surface area contributed by atoms with Gasteiger partial charge in [0.1, 0.15) is 11.4 Å². The highest BCUT2D eigenvalue weighted by Crippen LogP contribution is 2.28. The van der Waals surface area contributed by atoms with E-state index in [1.54, 1.807) is 18.2 Å². The van der Waals surface area contributed by atoms with Crippen LogP contribution in [0.25, 0.3) is 11.0 Å². The van der Waals surface area contributed by atoms with Crippen LogP contribution >= 0.6 is 0 Å². The van der Waals surface area contributed by atoms with Gasteiger partial charge in [0.15, 0.2) is 17.4 Å². The number of halogens is 1. The summed E-state index contributed by atoms with van der Waals surface area (Å²) in [7, 11) is 0. The number of hydrogen-bond acceptors (Lipinski definition) is 7. The number of aromatic nitrogens is 2. The number of aliphatic hydroxyl groups is 2. The molecule has 0 spiro atoms. The molecule has 1 aromatic carbocycles. The van der Waals surface area contributed by atoms with Crippen LogP contribution in [0.2, 0.25) is 0 Å². The van der Waals surface area contributed by atoms with Crippen LogP contribution in [0.5, 0.6) is 0 Å². The molecule has 34 heavy (non-hydrogen) atoms. The fraction of sp³-hybridized carbons (Fsp3) is 0.318. The van der Waals surface area contributed by atoms with Crippen LogP contribution in [-0.2, 0) is 24.0 Å². The Morgan fingerprint density at radius 3 is 2.53 bits per heavy atom. The average molecular weight is 493 g/mol. The van der Waals surface area contributed by atoms with Crippen molar-refractivity contribution in [3.63, 3.8) is 0 Å². The van der Waals surface area contributed by atoms with E-state index in [-0.39, 0.29) is 35.9 Å². The molecule has 0 saturated heterocycles. The predicted octanol–water partition coefficient (Wildman–Crippen LogP) is 0.408. The van der Waals surface area contributed by atoms with Gasteiger partial charge in [0.05, 0.1) is 16.9 Å². The van der Waals surface area contributed by atoms with Gasteiger partial charge < -0.3 is 30.4 Å². The summed E-state index contributed by atoms with van der Waals surface area (Å²) in [5.41, 5.74) is 6.38. The summed E-state index contributed by atoms with van der Waals surface area (Å²) in [5.74, 6) is -2.66. The molecule has 2 unspecified atom stereocenters. The van der Waals surface area contributed by atoms with Crippen LogP contribution in [-0.4, -0.2) is 53.1 Å². The van der Waals surface area contributed by atoms with Gasteiger partial charge in [0, 0.05) is 30.8 Å². The van der Waals surface area contributed by atoms with Crippen LogP contribution in [0.3, 0.4) is 0 Å². The van der Waals surface area contributed by atoms with E-state index in [2.05, 4.69) is 10.3 Å². The normalized spacial score (nSPS) is 13.4. The highest BCUT2D eigenvalue weighted by molar-refractivity contribution is 7.79. The SMILES string of the molecule is CC(c1c(C(N)=O)c(=O)n(CCNCS(=O)O)c2cc(Cc3ccc(F)cc3)cnc12)C(O)O. The van der Waals surface area contributed by atoms with Crippen molar-refractivity contribution < 1.29 is 28.2 Å². The molecule has 0 saturated carbocycles. The molecule has 3 aromatic rings. The minimum atomic E-state index is -2.08. The molecule has 0 aliphatic carbocycles. The number of benzene rings is 1. The maximum atomic E-state index is 13.3. The Hall–Kier alpha value is -3.03. The Morgan fingerprint density at radius 1 is 1.26 bits per heavy atom. The van der Waals surface area contributed by atoms with E-state index < -0.39 is 40.3 Å². The molecule has 182 valence electrons. The quantitative estimate of drug-likeness (QED) is 0.154. The zero-order valence-corrected chi connectivity index (χ0v) is 19.1. The first-order valence-corrected chi connectivity index (χ1v) is 11.6. The Morgan fingerprint density at radius 2 is 1.94 bits per heavy atom. The molecule has 0 radical (unpaired) electrons. The summed E-state index contributed by atoms with van der Waals surface area (Å²) >= 11 is -2.08. The van der Waals surface area contributed by atoms with Crippen LogP contribution in [0.15, 0.2) is 41.3 Å². The van der Waals surface area contributed by atoms with Crippen molar-refractivity contribution in [3.05, 3.63) is 75.0 Å². The smallest absolute Gasteiger partial charge is 0.264 e. The lowest BCUT2D eigenvalue weighted by atomic mass is 9.93. The van der Waals surface area contributed by atoms with Crippen molar-refractivity contribution in [1.82, 2.24) is 14.9 Å². The van der Waals surface area contributed by atoms with Crippen LogP contribution in [0.4, 0.5) is 4.39 Å². The summed E-state index contributed by atoms with van der Waals surface area (Å²) in [6.45, 7) is 1.58.